The van der Waals surface area contributed by atoms with Crippen molar-refractivity contribution in [1.29, 1.82) is 0 Å². The molecule has 19 heavy (non-hydrogen) atoms. The predicted molar refractivity (Wildman–Crippen MR) is 69.5 cm³/mol. The average molecular weight is 352 g/mol. The minimum atomic E-state index is -1.61. The molecular weight excluding hydrogens is 344 g/mol. The predicted octanol–water partition coefficient (Wildman–Crippen LogP) is 4.60. The van der Waals surface area contributed by atoms with Gasteiger partial charge in [0.1, 0.15) is 6.10 Å². The second-order valence-electron chi connectivity index (χ2n) is 3.83. The van der Waals surface area contributed by atoms with Gasteiger partial charge >= 0.3 is 0 Å². The van der Waals surface area contributed by atoms with Gasteiger partial charge < -0.3 is 5.11 Å². The Morgan fingerprint density at radius 2 is 1.63 bits per heavy atom. The maximum absolute atomic E-state index is 13.6. The molecule has 0 amide bonds. The topological polar surface area (TPSA) is 20.2 Å². The van der Waals surface area contributed by atoms with Crippen molar-refractivity contribution >= 4 is 27.5 Å². The van der Waals surface area contributed by atoms with Crippen LogP contribution < -0.4 is 0 Å². The second-order valence-corrected chi connectivity index (χ2v) is 5.12. The molecule has 0 saturated heterocycles. The van der Waals surface area contributed by atoms with Crippen molar-refractivity contribution in [3.05, 3.63) is 68.4 Å². The first-order chi connectivity index (χ1) is 8.91. The Kier molecular flexibility index (Phi) is 4.18. The van der Waals surface area contributed by atoms with Gasteiger partial charge in [-0.05, 0) is 23.8 Å². The van der Waals surface area contributed by atoms with Crippen molar-refractivity contribution in [3.63, 3.8) is 0 Å². The van der Waals surface area contributed by atoms with E-state index in [4.69, 9.17) is 11.6 Å². The van der Waals surface area contributed by atoms with Crippen LogP contribution in [0.3, 0.4) is 0 Å². The molecule has 1 atom stereocenters. The van der Waals surface area contributed by atoms with Gasteiger partial charge in [0.25, 0.3) is 0 Å². The summed E-state index contributed by atoms with van der Waals surface area (Å²) in [6, 6.07) is 6.25. The summed E-state index contributed by atoms with van der Waals surface area (Å²) in [7, 11) is 0. The molecule has 100 valence electrons. The van der Waals surface area contributed by atoms with E-state index in [-0.39, 0.29) is 5.56 Å². The number of rotatable bonds is 2. The maximum Gasteiger partial charge on any atom is 0.194 e. The second kappa shape index (κ2) is 5.53. The first-order valence-corrected chi connectivity index (χ1v) is 6.35. The molecule has 0 aliphatic rings. The first kappa shape index (κ1) is 14.4. The van der Waals surface area contributed by atoms with Crippen molar-refractivity contribution < 1.29 is 18.3 Å². The van der Waals surface area contributed by atoms with E-state index in [0.717, 1.165) is 12.1 Å². The number of hydrogen-bond acceptors (Lipinski definition) is 1. The van der Waals surface area contributed by atoms with Crippen molar-refractivity contribution in [2.24, 2.45) is 0 Å². The van der Waals surface area contributed by atoms with Gasteiger partial charge in [0.05, 0.1) is 0 Å². The summed E-state index contributed by atoms with van der Waals surface area (Å²) in [6.07, 6.45) is -1.43. The quantitative estimate of drug-likeness (QED) is 0.784. The van der Waals surface area contributed by atoms with Crippen LogP contribution in [0.2, 0.25) is 5.02 Å². The highest BCUT2D eigenvalue weighted by atomic mass is 79.9. The van der Waals surface area contributed by atoms with Gasteiger partial charge in [0.15, 0.2) is 17.5 Å². The third-order valence-electron chi connectivity index (χ3n) is 2.62. The Hall–Kier alpha value is -1.04. The fourth-order valence-electron chi connectivity index (χ4n) is 1.64. The van der Waals surface area contributed by atoms with E-state index in [1.807, 2.05) is 0 Å². The van der Waals surface area contributed by atoms with Gasteiger partial charge in [0.2, 0.25) is 0 Å². The van der Waals surface area contributed by atoms with Crippen LogP contribution in [0.4, 0.5) is 13.2 Å². The van der Waals surface area contributed by atoms with Crippen LogP contribution in [0.25, 0.3) is 0 Å². The minimum absolute atomic E-state index is 0.300. The van der Waals surface area contributed by atoms with Gasteiger partial charge in [-0.25, -0.2) is 13.2 Å². The Bertz CT molecular complexity index is 634. The number of halogens is 5. The minimum Gasteiger partial charge on any atom is -0.384 e. The van der Waals surface area contributed by atoms with E-state index in [2.05, 4.69) is 15.9 Å². The Labute approximate surface area is 120 Å². The van der Waals surface area contributed by atoms with Crippen LogP contribution >= 0.6 is 27.5 Å². The summed E-state index contributed by atoms with van der Waals surface area (Å²) in [5.41, 5.74) is -0.0452. The molecule has 1 nitrogen and oxygen atoms in total. The summed E-state index contributed by atoms with van der Waals surface area (Å²) < 4.78 is 40.0. The highest BCUT2D eigenvalue weighted by Gasteiger charge is 2.22. The van der Waals surface area contributed by atoms with Crippen molar-refractivity contribution in [2.75, 3.05) is 0 Å². The highest BCUT2D eigenvalue weighted by Crippen LogP contribution is 2.32. The lowest BCUT2D eigenvalue weighted by atomic mass is 10.0. The van der Waals surface area contributed by atoms with Crippen molar-refractivity contribution in [1.82, 2.24) is 0 Å². The van der Waals surface area contributed by atoms with Gasteiger partial charge in [-0.15, -0.1) is 0 Å². The molecule has 0 saturated carbocycles. The third-order valence-corrected chi connectivity index (χ3v) is 3.54. The first-order valence-electron chi connectivity index (χ1n) is 5.18. The van der Waals surface area contributed by atoms with E-state index >= 15 is 0 Å². The van der Waals surface area contributed by atoms with Gasteiger partial charge in [0, 0.05) is 15.1 Å². The monoisotopic (exact) mass is 350 g/mol. The lowest BCUT2D eigenvalue weighted by molar-refractivity contribution is 0.212. The summed E-state index contributed by atoms with van der Waals surface area (Å²) in [4.78, 5) is 0. The standard InChI is InChI=1S/C13H7BrClF3O/c14-9-5-6(15)1-2-7(9)13(19)8-3-4-10(16)12(18)11(8)17/h1-5,13,19H. The molecule has 0 fully saturated rings. The molecular formula is C13H7BrClF3O. The average Bonchev–Trinajstić information content (AvgIpc) is 2.35. The van der Waals surface area contributed by atoms with Gasteiger partial charge in [-0.2, -0.15) is 0 Å². The van der Waals surface area contributed by atoms with E-state index in [1.165, 1.54) is 18.2 Å². The molecule has 0 spiro atoms. The van der Waals surface area contributed by atoms with Crippen LogP contribution in [0.5, 0.6) is 0 Å². The zero-order valence-electron chi connectivity index (χ0n) is 9.30. The number of hydrogen-bond donors (Lipinski definition) is 1. The molecule has 0 aliphatic heterocycles. The molecule has 1 N–H and O–H groups in total. The lowest BCUT2D eigenvalue weighted by Crippen LogP contribution is -2.06. The molecule has 0 heterocycles. The van der Waals surface area contributed by atoms with Crippen LogP contribution in [0.1, 0.15) is 17.2 Å². The van der Waals surface area contributed by atoms with E-state index in [9.17, 15) is 18.3 Å². The molecule has 0 aliphatic carbocycles. The number of aliphatic hydroxyl groups is 1. The third kappa shape index (κ3) is 2.78. The van der Waals surface area contributed by atoms with Crippen LogP contribution in [-0.2, 0) is 0 Å². The van der Waals surface area contributed by atoms with Crippen LogP contribution in [0.15, 0.2) is 34.8 Å². The molecule has 0 bridgehead atoms. The molecule has 6 heteroatoms. The SMILES string of the molecule is OC(c1ccc(Cl)cc1Br)c1ccc(F)c(F)c1F. The largest absolute Gasteiger partial charge is 0.384 e. The summed E-state index contributed by atoms with van der Waals surface area (Å²) in [6.45, 7) is 0. The molecule has 1 unspecified atom stereocenters. The smallest absolute Gasteiger partial charge is 0.194 e. The van der Waals surface area contributed by atoms with Gasteiger partial charge in [-0.3, -0.25) is 0 Å². The molecule has 2 rings (SSSR count). The fourth-order valence-corrected chi connectivity index (χ4v) is 2.54. The van der Waals surface area contributed by atoms with E-state index < -0.39 is 23.6 Å². The molecule has 0 aromatic heterocycles. The zero-order chi connectivity index (χ0) is 14.2. The highest BCUT2D eigenvalue weighted by molar-refractivity contribution is 9.10. The van der Waals surface area contributed by atoms with E-state index in [1.54, 1.807) is 0 Å². The van der Waals surface area contributed by atoms with Crippen molar-refractivity contribution in [2.45, 2.75) is 6.10 Å². The fraction of sp³-hybridized carbons (Fsp3) is 0.0769. The van der Waals surface area contributed by atoms with Crippen molar-refractivity contribution in [3.8, 4) is 0 Å². The number of aliphatic hydroxyl groups excluding tert-OH is 1. The Morgan fingerprint density at radius 3 is 2.26 bits per heavy atom. The van der Waals surface area contributed by atoms with Gasteiger partial charge in [-0.1, -0.05) is 39.7 Å². The maximum atomic E-state index is 13.6. The molecule has 2 aromatic carbocycles. The lowest BCUT2D eigenvalue weighted by Gasteiger charge is -2.14. The normalized spacial score (nSPS) is 12.5. The van der Waals surface area contributed by atoms with Crippen LogP contribution in [0, 0.1) is 17.5 Å². The Morgan fingerprint density at radius 1 is 1.00 bits per heavy atom. The van der Waals surface area contributed by atoms with E-state index in [0.29, 0.717) is 15.1 Å². The molecule has 0 radical (unpaired) electrons. The summed E-state index contributed by atoms with van der Waals surface area (Å²) in [5.74, 6) is -4.32. The number of benzene rings is 2. The van der Waals surface area contributed by atoms with Crippen LogP contribution in [-0.4, -0.2) is 5.11 Å². The Balaban J connectivity index is 2.50. The molecule has 2 aromatic rings. The zero-order valence-corrected chi connectivity index (χ0v) is 11.6. The summed E-state index contributed by atoms with van der Waals surface area (Å²) >= 11 is 8.92. The summed E-state index contributed by atoms with van der Waals surface area (Å²) in [5, 5.41) is 10.5.